The second-order valence-corrected chi connectivity index (χ2v) is 5.84. The van der Waals surface area contributed by atoms with E-state index in [4.69, 9.17) is 9.47 Å². The van der Waals surface area contributed by atoms with Gasteiger partial charge >= 0.3 is 6.09 Å². The number of alkyl carbamates (subject to hydrolysis) is 1. The van der Waals surface area contributed by atoms with Crippen LogP contribution < -0.4 is 5.32 Å². The summed E-state index contributed by atoms with van der Waals surface area (Å²) in [6.07, 6.45) is 1.28. The zero-order chi connectivity index (χ0) is 17.9. The van der Waals surface area contributed by atoms with E-state index < -0.39 is 18.0 Å². The van der Waals surface area contributed by atoms with Crippen LogP contribution in [0.2, 0.25) is 0 Å². The Balaban J connectivity index is 1.85. The topological polar surface area (TPSA) is 64.6 Å². The minimum atomic E-state index is -1.21. The van der Waals surface area contributed by atoms with Crippen LogP contribution in [-0.4, -0.2) is 25.2 Å². The number of nitrogens with one attached hydrogen (secondary N) is 1. The molecule has 2 atom stereocenters. The lowest BCUT2D eigenvalue weighted by molar-refractivity contribution is -0.177. The normalized spacial score (nSPS) is 22.5. The third-order valence-corrected chi connectivity index (χ3v) is 4.20. The first kappa shape index (κ1) is 16.9. The van der Waals surface area contributed by atoms with Gasteiger partial charge in [0.2, 0.25) is 6.29 Å². The van der Waals surface area contributed by atoms with Gasteiger partial charge in [0, 0.05) is 7.05 Å². The van der Waals surface area contributed by atoms with Gasteiger partial charge < -0.3 is 14.8 Å². The summed E-state index contributed by atoms with van der Waals surface area (Å²) in [6.45, 7) is 1.68. The molecule has 0 bridgehead atoms. The summed E-state index contributed by atoms with van der Waals surface area (Å²) in [5.74, 6) is -0.197. The lowest BCUT2D eigenvalue weighted by atomic mass is 9.88. The fourth-order valence-electron chi connectivity index (χ4n) is 2.70. The lowest BCUT2D eigenvalue weighted by Gasteiger charge is -2.33. The van der Waals surface area contributed by atoms with E-state index in [9.17, 15) is 9.59 Å². The van der Waals surface area contributed by atoms with E-state index in [2.05, 4.69) is 5.32 Å². The highest BCUT2D eigenvalue weighted by molar-refractivity contribution is 5.98. The van der Waals surface area contributed by atoms with Crippen LogP contribution in [0.25, 0.3) is 11.1 Å². The Morgan fingerprint density at radius 1 is 1.08 bits per heavy atom. The molecule has 0 aliphatic carbocycles. The molecule has 25 heavy (non-hydrogen) atoms. The molecule has 2 aromatic rings. The second-order valence-electron chi connectivity index (χ2n) is 5.84. The Morgan fingerprint density at radius 2 is 1.72 bits per heavy atom. The van der Waals surface area contributed by atoms with Gasteiger partial charge in [-0.2, -0.15) is 0 Å². The molecule has 0 saturated heterocycles. The van der Waals surface area contributed by atoms with Crippen LogP contribution >= 0.6 is 0 Å². The third kappa shape index (κ3) is 3.46. The molecule has 1 amide bonds. The zero-order valence-electron chi connectivity index (χ0n) is 14.1. The van der Waals surface area contributed by atoms with Crippen molar-refractivity contribution in [2.24, 2.45) is 0 Å². The molecule has 3 rings (SSSR count). The fourth-order valence-corrected chi connectivity index (χ4v) is 2.70. The van der Waals surface area contributed by atoms with E-state index in [0.29, 0.717) is 5.56 Å². The van der Waals surface area contributed by atoms with E-state index in [0.717, 1.165) is 11.1 Å². The average Bonchev–Trinajstić information content (AvgIpc) is 2.65. The molecule has 1 N–H and O–H groups in total. The van der Waals surface area contributed by atoms with E-state index in [1.54, 1.807) is 6.92 Å². The SMILES string of the molecule is CNC(=O)O[C@H]1C=CC(=O)[C@@](C)(c2ccc(-c3ccccc3)cc2)O1. The quantitative estimate of drug-likeness (QED) is 0.932. The molecule has 0 radical (unpaired) electrons. The molecule has 0 spiro atoms. The average molecular weight is 337 g/mol. The summed E-state index contributed by atoms with van der Waals surface area (Å²) in [7, 11) is 1.46. The monoisotopic (exact) mass is 337 g/mol. The van der Waals surface area contributed by atoms with Gasteiger partial charge in [-0.15, -0.1) is 0 Å². The van der Waals surface area contributed by atoms with Crippen molar-refractivity contribution < 1.29 is 19.1 Å². The summed E-state index contributed by atoms with van der Waals surface area (Å²) in [4.78, 5) is 23.8. The van der Waals surface area contributed by atoms with Crippen LogP contribution in [0, 0.1) is 0 Å². The molecule has 1 heterocycles. The molecule has 1 aliphatic heterocycles. The van der Waals surface area contributed by atoms with Gasteiger partial charge in [0.1, 0.15) is 0 Å². The Bertz CT molecular complexity index is 798. The molecule has 2 aromatic carbocycles. The molecule has 0 saturated carbocycles. The molecule has 5 heteroatoms. The molecule has 5 nitrogen and oxygen atoms in total. The summed E-state index contributed by atoms with van der Waals surface area (Å²) < 4.78 is 10.9. The number of benzene rings is 2. The first-order valence-electron chi connectivity index (χ1n) is 7.98. The predicted molar refractivity (Wildman–Crippen MR) is 93.8 cm³/mol. The van der Waals surface area contributed by atoms with Crippen molar-refractivity contribution in [2.75, 3.05) is 7.05 Å². The van der Waals surface area contributed by atoms with Crippen LogP contribution in [0.15, 0.2) is 66.7 Å². The number of amides is 1. The Kier molecular flexibility index (Phi) is 4.67. The van der Waals surface area contributed by atoms with E-state index in [1.807, 2.05) is 54.6 Å². The van der Waals surface area contributed by atoms with Crippen LogP contribution in [0.5, 0.6) is 0 Å². The predicted octanol–water partition coefficient (Wildman–Crippen LogP) is 3.41. The highest BCUT2D eigenvalue weighted by atomic mass is 16.7. The first-order valence-corrected chi connectivity index (χ1v) is 7.98. The van der Waals surface area contributed by atoms with Crippen LogP contribution in [0.1, 0.15) is 12.5 Å². The lowest BCUT2D eigenvalue weighted by Crippen LogP contribution is -2.43. The van der Waals surface area contributed by atoms with Gasteiger partial charge in [-0.05, 0) is 35.8 Å². The van der Waals surface area contributed by atoms with Crippen LogP contribution in [-0.2, 0) is 19.9 Å². The summed E-state index contributed by atoms with van der Waals surface area (Å²) in [6, 6.07) is 17.6. The van der Waals surface area contributed by atoms with Crippen molar-refractivity contribution in [3.63, 3.8) is 0 Å². The molecule has 0 unspecified atom stereocenters. The van der Waals surface area contributed by atoms with Crippen LogP contribution in [0.3, 0.4) is 0 Å². The largest absolute Gasteiger partial charge is 0.416 e. The fraction of sp³-hybridized carbons (Fsp3) is 0.200. The summed E-state index contributed by atoms with van der Waals surface area (Å²) in [5.41, 5.74) is 1.63. The maximum Gasteiger partial charge on any atom is 0.409 e. The van der Waals surface area contributed by atoms with E-state index in [-0.39, 0.29) is 5.78 Å². The molecular weight excluding hydrogens is 318 g/mol. The van der Waals surface area contributed by atoms with Gasteiger partial charge in [-0.3, -0.25) is 4.79 Å². The van der Waals surface area contributed by atoms with Crippen molar-refractivity contribution in [3.8, 4) is 11.1 Å². The smallest absolute Gasteiger partial charge is 0.409 e. The van der Waals surface area contributed by atoms with Crippen molar-refractivity contribution in [1.29, 1.82) is 0 Å². The van der Waals surface area contributed by atoms with Gasteiger partial charge in [-0.1, -0.05) is 54.6 Å². The number of carbonyl (C=O) groups excluding carboxylic acids is 2. The van der Waals surface area contributed by atoms with E-state index in [1.165, 1.54) is 19.2 Å². The highest BCUT2D eigenvalue weighted by Gasteiger charge is 2.40. The highest BCUT2D eigenvalue weighted by Crippen LogP contribution is 2.33. The number of ether oxygens (including phenoxy) is 2. The Morgan fingerprint density at radius 3 is 2.36 bits per heavy atom. The second kappa shape index (κ2) is 6.91. The Hall–Kier alpha value is -2.92. The number of ketones is 1. The van der Waals surface area contributed by atoms with E-state index >= 15 is 0 Å². The van der Waals surface area contributed by atoms with Crippen LogP contribution in [0.4, 0.5) is 4.79 Å². The van der Waals surface area contributed by atoms with Gasteiger partial charge in [-0.25, -0.2) is 4.79 Å². The minimum Gasteiger partial charge on any atom is -0.416 e. The Labute approximate surface area is 146 Å². The number of rotatable bonds is 3. The van der Waals surface area contributed by atoms with Crippen molar-refractivity contribution in [3.05, 3.63) is 72.3 Å². The van der Waals surface area contributed by atoms with Gasteiger partial charge in [0.05, 0.1) is 0 Å². The number of hydrogen-bond acceptors (Lipinski definition) is 4. The third-order valence-electron chi connectivity index (χ3n) is 4.20. The molecule has 1 aliphatic rings. The summed E-state index contributed by atoms with van der Waals surface area (Å²) in [5, 5.41) is 2.36. The van der Waals surface area contributed by atoms with Crippen molar-refractivity contribution >= 4 is 11.9 Å². The molecule has 0 aromatic heterocycles. The number of carbonyl (C=O) groups is 2. The standard InChI is InChI=1S/C20H19NO4/c1-20(17(22)12-13-18(25-20)24-19(23)21-2)16-10-8-15(9-11-16)14-6-4-3-5-7-14/h3-13,18H,1-2H3,(H,21,23)/t18-,20-/m1/s1. The van der Waals surface area contributed by atoms with Gasteiger partial charge in [0.25, 0.3) is 0 Å². The zero-order valence-corrected chi connectivity index (χ0v) is 14.1. The molecule has 0 fully saturated rings. The first-order chi connectivity index (χ1) is 12.0. The number of hydrogen-bond donors (Lipinski definition) is 1. The maximum atomic E-state index is 12.4. The molecule has 128 valence electrons. The maximum absolute atomic E-state index is 12.4. The van der Waals surface area contributed by atoms with Gasteiger partial charge in [0.15, 0.2) is 11.4 Å². The van der Waals surface area contributed by atoms with Crippen molar-refractivity contribution in [2.45, 2.75) is 18.8 Å². The minimum absolute atomic E-state index is 0.197. The summed E-state index contributed by atoms with van der Waals surface area (Å²) >= 11 is 0. The van der Waals surface area contributed by atoms with Crippen molar-refractivity contribution in [1.82, 2.24) is 5.32 Å². The molecular formula is C20H19NO4.